The molecule has 1 atom stereocenters. The van der Waals surface area contributed by atoms with Crippen LogP contribution >= 0.6 is 0 Å². The molecule has 0 aliphatic carbocycles. The molecule has 1 aliphatic rings. The number of carboxylic acid groups (broad SMARTS) is 2. The van der Waals surface area contributed by atoms with Gasteiger partial charge in [0.2, 0.25) is 5.91 Å². The maximum atomic E-state index is 12.8. The number of hydrogen-bond donors (Lipinski definition) is 3. The van der Waals surface area contributed by atoms with Crippen molar-refractivity contribution in [3.8, 4) is 0 Å². The van der Waals surface area contributed by atoms with E-state index in [9.17, 15) is 24.6 Å². The van der Waals surface area contributed by atoms with E-state index in [1.165, 1.54) is 0 Å². The Bertz CT molecular complexity index is 1150. The van der Waals surface area contributed by atoms with Crippen molar-refractivity contribution in [3.63, 3.8) is 0 Å². The molecule has 3 N–H and O–H groups in total. The van der Waals surface area contributed by atoms with Gasteiger partial charge >= 0.3 is 12.2 Å². The number of rotatable bonds is 3. The van der Waals surface area contributed by atoms with Gasteiger partial charge in [0.1, 0.15) is 0 Å². The molecule has 0 spiro atoms. The molecule has 0 fully saturated rings. The van der Waals surface area contributed by atoms with Gasteiger partial charge in [-0.05, 0) is 23.3 Å². The molecule has 0 bridgehead atoms. The highest BCUT2D eigenvalue weighted by Crippen LogP contribution is 2.30. The monoisotopic (exact) mass is 394 g/mol. The predicted octanol–water partition coefficient (Wildman–Crippen LogP) is 3.30. The lowest BCUT2D eigenvalue weighted by Gasteiger charge is -2.14. The van der Waals surface area contributed by atoms with Gasteiger partial charge in [-0.15, -0.1) is 5.10 Å². The smallest absolute Gasteiger partial charge is 0.432 e. The molecule has 1 unspecified atom stereocenters. The summed E-state index contributed by atoms with van der Waals surface area (Å²) in [6.07, 6.45) is -2.50. The molecule has 2 aromatic carbocycles. The zero-order valence-corrected chi connectivity index (χ0v) is 15.5. The molecule has 2 amide bonds. The molecule has 148 valence electrons. The number of carbonyl (C=O) groups is 3. The van der Waals surface area contributed by atoms with Gasteiger partial charge in [0.05, 0.1) is 24.7 Å². The van der Waals surface area contributed by atoms with Crippen molar-refractivity contribution >= 4 is 34.7 Å². The molecule has 9 heteroatoms. The van der Waals surface area contributed by atoms with Crippen molar-refractivity contribution in [3.05, 3.63) is 59.3 Å². The SMILES string of the molecule is CC(C(=O)Nc1nn(C(=O)O)c2c1CN(C(=O)O)C2)c1ccc2ccccc2c1. The first-order valence-corrected chi connectivity index (χ1v) is 8.96. The summed E-state index contributed by atoms with van der Waals surface area (Å²) in [6, 6.07) is 13.6. The quantitative estimate of drug-likeness (QED) is 0.626. The average Bonchev–Trinajstić information content (AvgIpc) is 3.27. The third kappa shape index (κ3) is 3.27. The van der Waals surface area contributed by atoms with E-state index in [0.717, 1.165) is 21.2 Å². The second kappa shape index (κ2) is 6.93. The first kappa shape index (κ1) is 18.5. The van der Waals surface area contributed by atoms with Gasteiger partial charge in [-0.1, -0.05) is 42.5 Å². The molecule has 3 aromatic rings. The fraction of sp³-hybridized carbons (Fsp3) is 0.200. The Kier molecular flexibility index (Phi) is 4.42. The largest absolute Gasteiger partial charge is 0.465 e. The Morgan fingerprint density at radius 2 is 1.76 bits per heavy atom. The van der Waals surface area contributed by atoms with Crippen molar-refractivity contribution in [2.24, 2.45) is 0 Å². The van der Waals surface area contributed by atoms with Crippen molar-refractivity contribution in [1.29, 1.82) is 0 Å². The highest BCUT2D eigenvalue weighted by atomic mass is 16.4. The summed E-state index contributed by atoms with van der Waals surface area (Å²) >= 11 is 0. The zero-order valence-electron chi connectivity index (χ0n) is 15.5. The third-order valence-corrected chi connectivity index (χ3v) is 5.14. The predicted molar refractivity (Wildman–Crippen MR) is 104 cm³/mol. The first-order chi connectivity index (χ1) is 13.8. The fourth-order valence-electron chi connectivity index (χ4n) is 3.49. The maximum absolute atomic E-state index is 12.8. The number of nitrogens with zero attached hydrogens (tertiary/aromatic N) is 3. The minimum atomic E-state index is -1.34. The van der Waals surface area contributed by atoms with E-state index in [4.69, 9.17) is 0 Å². The molecule has 9 nitrogen and oxygen atoms in total. The third-order valence-electron chi connectivity index (χ3n) is 5.14. The van der Waals surface area contributed by atoms with Gasteiger partial charge in [0, 0.05) is 5.56 Å². The van der Waals surface area contributed by atoms with Crippen LogP contribution in [-0.4, -0.2) is 43.0 Å². The second-order valence-corrected chi connectivity index (χ2v) is 6.92. The molecule has 0 saturated carbocycles. The van der Waals surface area contributed by atoms with Crippen LogP contribution in [0.3, 0.4) is 0 Å². The molecule has 2 heterocycles. The van der Waals surface area contributed by atoms with Gasteiger partial charge < -0.3 is 15.5 Å². The number of anilines is 1. The van der Waals surface area contributed by atoms with Crippen LogP contribution in [0.4, 0.5) is 15.4 Å². The van der Waals surface area contributed by atoms with Crippen LogP contribution in [0.25, 0.3) is 10.8 Å². The minimum Gasteiger partial charge on any atom is -0.465 e. The molecule has 4 rings (SSSR count). The van der Waals surface area contributed by atoms with E-state index in [0.29, 0.717) is 10.2 Å². The molecule has 1 aliphatic heterocycles. The zero-order chi connectivity index (χ0) is 20.7. The number of aromatic nitrogens is 2. The maximum Gasteiger partial charge on any atom is 0.432 e. The van der Waals surface area contributed by atoms with E-state index in [1.54, 1.807) is 6.92 Å². The van der Waals surface area contributed by atoms with Gasteiger partial charge in [-0.2, -0.15) is 4.68 Å². The minimum absolute atomic E-state index is 0.0298. The Hall–Kier alpha value is -3.88. The molecule has 0 saturated heterocycles. The van der Waals surface area contributed by atoms with Crippen LogP contribution in [-0.2, 0) is 17.9 Å². The molecule has 29 heavy (non-hydrogen) atoms. The van der Waals surface area contributed by atoms with Crippen LogP contribution < -0.4 is 5.32 Å². The molecule has 1 aromatic heterocycles. The van der Waals surface area contributed by atoms with Gasteiger partial charge in [-0.3, -0.25) is 9.69 Å². The summed E-state index contributed by atoms with van der Waals surface area (Å²) in [5.41, 5.74) is 1.45. The van der Waals surface area contributed by atoms with E-state index >= 15 is 0 Å². The summed E-state index contributed by atoms with van der Waals surface area (Å²) < 4.78 is 0.717. The van der Waals surface area contributed by atoms with Crippen LogP contribution in [0.2, 0.25) is 0 Å². The van der Waals surface area contributed by atoms with E-state index in [2.05, 4.69) is 10.4 Å². The van der Waals surface area contributed by atoms with E-state index in [1.807, 2.05) is 42.5 Å². The molecular formula is C20H18N4O5. The average molecular weight is 394 g/mol. The topological polar surface area (TPSA) is 125 Å². The van der Waals surface area contributed by atoms with Crippen molar-refractivity contribution in [2.75, 3.05) is 5.32 Å². The Labute approximate surface area is 165 Å². The summed E-state index contributed by atoms with van der Waals surface area (Å²) in [6.45, 7) is 1.62. The van der Waals surface area contributed by atoms with Crippen LogP contribution in [0.1, 0.15) is 29.7 Å². The van der Waals surface area contributed by atoms with E-state index in [-0.39, 0.29) is 30.5 Å². The first-order valence-electron chi connectivity index (χ1n) is 8.96. The standard InChI is InChI=1S/C20H18N4O5/c1-11(13-7-6-12-4-2-3-5-14(12)8-13)18(25)21-17-15-9-23(19(26)27)10-16(15)24(22-17)20(28)29/h2-8,11H,9-10H2,1H3,(H,26,27)(H,28,29)(H,21,22,25). The van der Waals surface area contributed by atoms with E-state index < -0.39 is 18.1 Å². The number of carbonyl (C=O) groups excluding carboxylic acids is 1. The number of amides is 2. The number of hydrogen-bond acceptors (Lipinski definition) is 4. The lowest BCUT2D eigenvalue weighted by atomic mass is 9.97. The van der Waals surface area contributed by atoms with Crippen molar-refractivity contribution in [1.82, 2.24) is 14.7 Å². The Morgan fingerprint density at radius 3 is 2.45 bits per heavy atom. The molecule has 0 radical (unpaired) electrons. The highest BCUT2D eigenvalue weighted by Gasteiger charge is 2.33. The fourth-order valence-corrected chi connectivity index (χ4v) is 3.49. The van der Waals surface area contributed by atoms with Crippen LogP contribution in [0.5, 0.6) is 0 Å². The van der Waals surface area contributed by atoms with Gasteiger partial charge in [0.25, 0.3) is 0 Å². The van der Waals surface area contributed by atoms with Gasteiger partial charge in [-0.25, -0.2) is 9.59 Å². The molecular weight excluding hydrogens is 376 g/mol. The number of nitrogens with one attached hydrogen (secondary N) is 1. The summed E-state index contributed by atoms with van der Waals surface area (Å²) in [7, 11) is 0. The Balaban J connectivity index is 1.60. The number of fused-ring (bicyclic) bond motifs is 2. The Morgan fingerprint density at radius 1 is 1.03 bits per heavy atom. The van der Waals surface area contributed by atoms with Crippen molar-refractivity contribution < 1.29 is 24.6 Å². The summed E-state index contributed by atoms with van der Waals surface area (Å²) in [4.78, 5) is 36.6. The van der Waals surface area contributed by atoms with Crippen LogP contribution in [0.15, 0.2) is 42.5 Å². The highest BCUT2D eigenvalue weighted by molar-refractivity contribution is 5.96. The second-order valence-electron chi connectivity index (χ2n) is 6.92. The van der Waals surface area contributed by atoms with Crippen LogP contribution in [0, 0.1) is 0 Å². The van der Waals surface area contributed by atoms with Gasteiger partial charge in [0.15, 0.2) is 5.82 Å². The number of benzene rings is 2. The lowest BCUT2D eigenvalue weighted by molar-refractivity contribution is -0.117. The summed E-state index contributed by atoms with van der Waals surface area (Å²) in [5, 5.41) is 27.2. The van der Waals surface area contributed by atoms with Crippen molar-refractivity contribution in [2.45, 2.75) is 25.9 Å². The summed E-state index contributed by atoms with van der Waals surface area (Å²) in [5.74, 6) is -0.794. The normalized spacial score (nSPS) is 13.9. The lowest BCUT2D eigenvalue weighted by Crippen LogP contribution is -2.26.